The van der Waals surface area contributed by atoms with E-state index in [1.54, 1.807) is 11.8 Å². The molecule has 0 fully saturated rings. The number of fused-ring (bicyclic) bond motifs is 2. The number of allylic oxidation sites excluding steroid dienone is 10. The molecule has 1 unspecified atom stereocenters. The zero-order valence-electron chi connectivity index (χ0n) is 17.6. The van der Waals surface area contributed by atoms with Gasteiger partial charge in [-0.25, -0.2) is 0 Å². The Balaban J connectivity index is 1.53. The quantitative estimate of drug-likeness (QED) is 0.327. The number of hydrogen-bond acceptors (Lipinski definition) is 3. The Hall–Kier alpha value is -2.64. The summed E-state index contributed by atoms with van der Waals surface area (Å²) in [4.78, 5) is 6.48. The van der Waals surface area contributed by atoms with Gasteiger partial charge in [-0.2, -0.15) is 0 Å². The van der Waals surface area contributed by atoms with Gasteiger partial charge in [-0.05, 0) is 58.4 Å². The molecule has 0 bridgehead atoms. The largest absolute Gasteiger partial charge is 0.285 e. The molecule has 4 rings (SSSR count). The van der Waals surface area contributed by atoms with Crippen molar-refractivity contribution < 1.29 is 0 Å². The van der Waals surface area contributed by atoms with Gasteiger partial charge in [0.1, 0.15) is 0 Å². The molecule has 1 aliphatic carbocycles. The maximum absolute atomic E-state index is 6.28. The van der Waals surface area contributed by atoms with Gasteiger partial charge in [0.2, 0.25) is 0 Å². The van der Waals surface area contributed by atoms with Gasteiger partial charge in [-0.3, -0.25) is 9.89 Å². The standard InChI is InChI=1S/C27H22Cl2N2S/c1-2-32-17-16-31-15-13-21(25-19-23(29)9-11-27(25)31)7-5-3-4-6-20-12-14-30-26-10-8-22(28)18-24(20)26/h3-11,13-15,18-19,26H,2,12H2,1H3/b5-3+,6-4?,21-7?. The second-order valence-electron chi connectivity index (χ2n) is 7.21. The molecule has 0 N–H and O–H groups in total. The first-order chi connectivity index (χ1) is 15.7. The number of nitrogens with zero attached hydrogens (tertiary/aromatic N) is 2. The zero-order chi connectivity index (χ0) is 22.3. The number of benzene rings is 1. The van der Waals surface area contributed by atoms with E-state index in [1.165, 1.54) is 11.1 Å². The lowest BCUT2D eigenvalue weighted by Gasteiger charge is -2.22. The van der Waals surface area contributed by atoms with Crippen LogP contribution in [0.15, 0.2) is 100 Å². The van der Waals surface area contributed by atoms with Gasteiger partial charge in [-0.15, -0.1) is 0 Å². The fraction of sp³-hybridized carbons (Fsp3) is 0.148. The number of dihydropyridines is 1. The minimum absolute atomic E-state index is 0.0763. The van der Waals surface area contributed by atoms with Crippen LogP contribution >= 0.6 is 35.0 Å². The van der Waals surface area contributed by atoms with E-state index in [2.05, 4.69) is 47.5 Å². The van der Waals surface area contributed by atoms with Crippen LogP contribution in [-0.2, 0) is 0 Å². The molecule has 0 spiro atoms. The molecule has 5 heteroatoms. The Morgan fingerprint density at radius 2 is 2.12 bits per heavy atom. The molecule has 0 saturated heterocycles. The highest BCUT2D eigenvalue weighted by Gasteiger charge is 2.18. The lowest BCUT2D eigenvalue weighted by molar-refractivity contribution is 0.929. The summed E-state index contributed by atoms with van der Waals surface area (Å²) < 4.78 is 0. The fourth-order valence-corrected chi connectivity index (χ4v) is 4.26. The van der Waals surface area contributed by atoms with Gasteiger partial charge < -0.3 is 0 Å². The molecule has 2 aliphatic heterocycles. The van der Waals surface area contributed by atoms with Crippen LogP contribution < -0.4 is 4.90 Å². The molecule has 0 radical (unpaired) electrons. The first-order valence-electron chi connectivity index (χ1n) is 10.4. The maximum atomic E-state index is 6.28. The summed E-state index contributed by atoms with van der Waals surface area (Å²) in [5, 5.41) is 4.58. The van der Waals surface area contributed by atoms with Gasteiger partial charge in [0.05, 0.1) is 11.7 Å². The van der Waals surface area contributed by atoms with Crippen molar-refractivity contribution >= 4 is 52.4 Å². The molecule has 1 atom stereocenters. The highest BCUT2D eigenvalue weighted by Crippen LogP contribution is 2.34. The molecule has 0 amide bonds. The molecule has 1 aromatic rings. The lowest BCUT2D eigenvalue weighted by Crippen LogP contribution is -2.13. The van der Waals surface area contributed by atoms with E-state index >= 15 is 0 Å². The predicted molar refractivity (Wildman–Crippen MR) is 142 cm³/mol. The molecule has 2 heterocycles. The lowest BCUT2D eigenvalue weighted by atomic mass is 9.92. The minimum Gasteiger partial charge on any atom is -0.285 e. The van der Waals surface area contributed by atoms with E-state index in [0.717, 1.165) is 34.0 Å². The van der Waals surface area contributed by atoms with Gasteiger partial charge in [0, 0.05) is 46.3 Å². The minimum atomic E-state index is 0.0763. The third-order valence-electron chi connectivity index (χ3n) is 5.11. The highest BCUT2D eigenvalue weighted by molar-refractivity contribution is 8.03. The molecular formula is C27H22Cl2N2S. The van der Waals surface area contributed by atoms with Crippen LogP contribution in [0.4, 0.5) is 5.69 Å². The number of aliphatic imine (C=N–C) groups is 1. The Kier molecular flexibility index (Phi) is 7.60. The number of rotatable bonds is 4. The van der Waals surface area contributed by atoms with Gasteiger partial charge >= 0.3 is 0 Å². The van der Waals surface area contributed by atoms with E-state index in [1.807, 2.05) is 65.9 Å². The maximum Gasteiger partial charge on any atom is 0.0933 e. The van der Waals surface area contributed by atoms with Crippen LogP contribution in [0, 0.1) is 11.3 Å². The molecule has 0 saturated carbocycles. The summed E-state index contributed by atoms with van der Waals surface area (Å²) in [6, 6.07) is 9.15. The summed E-state index contributed by atoms with van der Waals surface area (Å²) in [6.45, 7) is 2.09. The Morgan fingerprint density at radius 3 is 3.00 bits per heavy atom. The second kappa shape index (κ2) is 10.8. The van der Waals surface area contributed by atoms with Crippen LogP contribution in [0.2, 0.25) is 5.02 Å². The molecule has 2 nitrogen and oxygen atoms in total. The van der Waals surface area contributed by atoms with Crippen molar-refractivity contribution in [3.05, 3.63) is 106 Å². The summed E-state index contributed by atoms with van der Waals surface area (Å²) in [5.74, 6) is 0.966. The third-order valence-corrected chi connectivity index (χ3v) is 6.10. The molecule has 0 aromatic heterocycles. The average molecular weight is 477 g/mol. The van der Waals surface area contributed by atoms with E-state index in [4.69, 9.17) is 23.2 Å². The number of anilines is 1. The summed E-state index contributed by atoms with van der Waals surface area (Å²) in [6.07, 6.45) is 23.1. The topological polar surface area (TPSA) is 15.6 Å². The summed E-state index contributed by atoms with van der Waals surface area (Å²) >= 11 is 14.1. The first-order valence-corrected chi connectivity index (χ1v) is 12.1. The monoisotopic (exact) mass is 476 g/mol. The highest BCUT2D eigenvalue weighted by atomic mass is 35.5. The van der Waals surface area contributed by atoms with E-state index < -0.39 is 0 Å². The molecule has 1 aromatic carbocycles. The van der Waals surface area contributed by atoms with Crippen LogP contribution in [0.5, 0.6) is 0 Å². The number of hydrogen-bond donors (Lipinski definition) is 0. The molecule has 32 heavy (non-hydrogen) atoms. The van der Waals surface area contributed by atoms with Gasteiger partial charge in [0.15, 0.2) is 0 Å². The van der Waals surface area contributed by atoms with Crippen molar-refractivity contribution in [1.29, 1.82) is 0 Å². The Bertz CT molecular complexity index is 1200. The third kappa shape index (κ3) is 5.40. The van der Waals surface area contributed by atoms with Gasteiger partial charge in [0.25, 0.3) is 0 Å². The van der Waals surface area contributed by atoms with E-state index in [9.17, 15) is 0 Å². The second-order valence-corrected chi connectivity index (χ2v) is 9.15. The van der Waals surface area contributed by atoms with Crippen molar-refractivity contribution in [2.24, 2.45) is 4.99 Å². The summed E-state index contributed by atoms with van der Waals surface area (Å²) in [7, 11) is 0. The smallest absolute Gasteiger partial charge is 0.0933 e. The number of thioether (sulfide) groups is 1. The zero-order valence-corrected chi connectivity index (χ0v) is 20.0. The van der Waals surface area contributed by atoms with Crippen molar-refractivity contribution in [2.75, 3.05) is 10.7 Å². The van der Waals surface area contributed by atoms with Crippen molar-refractivity contribution in [3.63, 3.8) is 0 Å². The Morgan fingerprint density at radius 1 is 1.22 bits per heavy atom. The predicted octanol–water partition coefficient (Wildman–Crippen LogP) is 7.67. The van der Waals surface area contributed by atoms with Crippen LogP contribution in [0.3, 0.4) is 0 Å². The van der Waals surface area contributed by atoms with E-state index in [0.29, 0.717) is 5.02 Å². The van der Waals surface area contributed by atoms with Crippen molar-refractivity contribution in [2.45, 2.75) is 19.4 Å². The van der Waals surface area contributed by atoms with Crippen molar-refractivity contribution in [3.8, 4) is 11.3 Å². The first kappa shape index (κ1) is 22.6. The average Bonchev–Trinajstić information content (AvgIpc) is 2.80. The van der Waals surface area contributed by atoms with Crippen LogP contribution in [-0.4, -0.2) is 18.0 Å². The van der Waals surface area contributed by atoms with Gasteiger partial charge in [-0.1, -0.05) is 78.3 Å². The van der Waals surface area contributed by atoms with Crippen LogP contribution in [0.25, 0.3) is 5.57 Å². The molecular weight excluding hydrogens is 455 g/mol. The Labute approximate surface area is 204 Å². The molecule has 3 aliphatic rings. The summed E-state index contributed by atoms with van der Waals surface area (Å²) in [5.41, 5.74) is 5.59. The fourth-order valence-electron chi connectivity index (χ4n) is 3.59. The van der Waals surface area contributed by atoms with E-state index in [-0.39, 0.29) is 6.04 Å². The molecule has 160 valence electrons. The SMILES string of the molecule is CCSC#CN1C=CC(=C/C=C/C=CC2=C3C=C(Cl)C=CC3N=CC2)c2cc(Cl)ccc21. The van der Waals surface area contributed by atoms with Crippen molar-refractivity contribution in [1.82, 2.24) is 0 Å². The number of halogens is 2. The van der Waals surface area contributed by atoms with Crippen LogP contribution in [0.1, 0.15) is 18.9 Å². The normalized spacial score (nSPS) is 20.6.